The molecule has 4 heteroatoms. The lowest BCUT2D eigenvalue weighted by atomic mass is 10.2. The van der Waals surface area contributed by atoms with Gasteiger partial charge in [0.05, 0.1) is 10.3 Å². The van der Waals surface area contributed by atoms with Crippen LogP contribution in [0, 0.1) is 0 Å². The van der Waals surface area contributed by atoms with E-state index >= 15 is 0 Å². The Morgan fingerprint density at radius 3 is 3.00 bits per heavy atom. The highest BCUT2D eigenvalue weighted by atomic mass is 35.5. The SMILES string of the molecule is O=c1c2c(oc3ccccc13)C=C(Cl)CS2. The summed E-state index contributed by atoms with van der Waals surface area (Å²) in [7, 11) is 0. The van der Waals surface area contributed by atoms with E-state index < -0.39 is 0 Å². The number of halogens is 1. The molecule has 0 atom stereocenters. The fourth-order valence-corrected chi connectivity index (χ4v) is 2.81. The number of rotatable bonds is 0. The van der Waals surface area contributed by atoms with E-state index in [1.807, 2.05) is 12.1 Å². The van der Waals surface area contributed by atoms with Gasteiger partial charge in [-0.2, -0.15) is 0 Å². The van der Waals surface area contributed by atoms with Gasteiger partial charge in [0.2, 0.25) is 5.43 Å². The van der Waals surface area contributed by atoms with Crippen molar-refractivity contribution in [1.82, 2.24) is 0 Å². The Kier molecular flexibility index (Phi) is 2.30. The first-order valence-electron chi connectivity index (χ1n) is 4.80. The number of thioether (sulfide) groups is 1. The predicted molar refractivity (Wildman–Crippen MR) is 67.0 cm³/mol. The molecule has 0 amide bonds. The molecule has 2 heterocycles. The zero-order valence-electron chi connectivity index (χ0n) is 8.20. The predicted octanol–water partition coefficient (Wildman–Crippen LogP) is 3.48. The lowest BCUT2D eigenvalue weighted by Crippen LogP contribution is -2.09. The van der Waals surface area contributed by atoms with E-state index in [2.05, 4.69) is 0 Å². The molecule has 1 aromatic carbocycles. The maximum atomic E-state index is 12.1. The molecule has 1 aliphatic heterocycles. The highest BCUT2D eigenvalue weighted by Crippen LogP contribution is 2.32. The third-order valence-corrected chi connectivity index (χ3v) is 3.96. The minimum Gasteiger partial charge on any atom is -0.455 e. The quantitative estimate of drug-likeness (QED) is 0.717. The second kappa shape index (κ2) is 3.68. The first-order valence-corrected chi connectivity index (χ1v) is 6.17. The van der Waals surface area contributed by atoms with Crippen LogP contribution in [-0.4, -0.2) is 5.75 Å². The summed E-state index contributed by atoms with van der Waals surface area (Å²) in [6.45, 7) is 0. The lowest BCUT2D eigenvalue weighted by Gasteiger charge is -2.11. The summed E-state index contributed by atoms with van der Waals surface area (Å²) < 4.78 is 5.65. The molecular weight excluding hydrogens is 244 g/mol. The summed E-state index contributed by atoms with van der Waals surface area (Å²) in [4.78, 5) is 12.8. The van der Waals surface area contributed by atoms with Gasteiger partial charge >= 0.3 is 0 Å². The van der Waals surface area contributed by atoms with E-state index in [1.54, 1.807) is 18.2 Å². The summed E-state index contributed by atoms with van der Waals surface area (Å²) in [5, 5.41) is 1.33. The molecule has 0 N–H and O–H groups in total. The lowest BCUT2D eigenvalue weighted by molar-refractivity contribution is 0.574. The third-order valence-electron chi connectivity index (χ3n) is 2.42. The molecule has 0 saturated carbocycles. The largest absolute Gasteiger partial charge is 0.455 e. The van der Waals surface area contributed by atoms with Gasteiger partial charge in [0.1, 0.15) is 11.3 Å². The molecule has 0 unspecified atom stereocenters. The number of benzene rings is 1. The van der Waals surface area contributed by atoms with Crippen LogP contribution in [0.15, 0.2) is 43.4 Å². The first-order chi connectivity index (χ1) is 7.75. The van der Waals surface area contributed by atoms with Gasteiger partial charge in [0, 0.05) is 10.8 Å². The van der Waals surface area contributed by atoms with Crippen molar-refractivity contribution >= 4 is 40.4 Å². The van der Waals surface area contributed by atoms with Crippen molar-refractivity contribution < 1.29 is 4.42 Å². The molecule has 0 aliphatic carbocycles. The van der Waals surface area contributed by atoms with Gasteiger partial charge < -0.3 is 4.42 Å². The van der Waals surface area contributed by atoms with Crippen molar-refractivity contribution in [1.29, 1.82) is 0 Å². The van der Waals surface area contributed by atoms with E-state index in [9.17, 15) is 4.79 Å². The minimum absolute atomic E-state index is 0.0299. The molecule has 16 heavy (non-hydrogen) atoms. The van der Waals surface area contributed by atoms with Crippen molar-refractivity contribution in [3.63, 3.8) is 0 Å². The fourth-order valence-electron chi connectivity index (χ4n) is 1.70. The Morgan fingerprint density at radius 2 is 2.12 bits per heavy atom. The molecule has 0 spiro atoms. The molecule has 0 radical (unpaired) electrons. The summed E-state index contributed by atoms with van der Waals surface area (Å²) in [5.74, 6) is 1.21. The molecule has 0 fully saturated rings. The zero-order chi connectivity index (χ0) is 11.1. The van der Waals surface area contributed by atoms with Gasteiger partial charge in [0.15, 0.2) is 0 Å². The van der Waals surface area contributed by atoms with E-state index in [0.717, 1.165) is 0 Å². The van der Waals surface area contributed by atoms with E-state index in [4.69, 9.17) is 16.0 Å². The second-order valence-corrected chi connectivity index (χ2v) is 4.97. The van der Waals surface area contributed by atoms with Crippen molar-refractivity contribution in [3.8, 4) is 0 Å². The maximum Gasteiger partial charge on any atom is 0.206 e. The first kappa shape index (κ1) is 10.00. The fraction of sp³-hybridized carbons (Fsp3) is 0.0833. The van der Waals surface area contributed by atoms with Crippen LogP contribution in [0.1, 0.15) is 5.76 Å². The van der Waals surface area contributed by atoms with E-state index in [0.29, 0.717) is 32.4 Å². The van der Waals surface area contributed by atoms with Gasteiger partial charge in [-0.1, -0.05) is 23.7 Å². The monoisotopic (exact) mass is 250 g/mol. The van der Waals surface area contributed by atoms with Crippen molar-refractivity contribution in [2.45, 2.75) is 4.90 Å². The Labute approximate surface area is 101 Å². The van der Waals surface area contributed by atoms with Crippen molar-refractivity contribution in [3.05, 3.63) is 45.3 Å². The Bertz CT molecular complexity index is 658. The van der Waals surface area contributed by atoms with Crippen molar-refractivity contribution in [2.24, 2.45) is 0 Å². The van der Waals surface area contributed by atoms with Crippen LogP contribution in [0.25, 0.3) is 17.0 Å². The van der Waals surface area contributed by atoms with E-state index in [1.165, 1.54) is 11.8 Å². The zero-order valence-corrected chi connectivity index (χ0v) is 9.77. The summed E-state index contributed by atoms with van der Waals surface area (Å²) >= 11 is 7.36. The van der Waals surface area contributed by atoms with Gasteiger partial charge in [-0.25, -0.2) is 0 Å². The normalized spacial score (nSPS) is 14.7. The highest BCUT2D eigenvalue weighted by Gasteiger charge is 2.17. The van der Waals surface area contributed by atoms with Crippen LogP contribution in [-0.2, 0) is 0 Å². The van der Waals surface area contributed by atoms with Crippen molar-refractivity contribution in [2.75, 3.05) is 5.75 Å². The number of para-hydroxylation sites is 1. The molecule has 3 rings (SSSR count). The van der Waals surface area contributed by atoms with Crippen LogP contribution in [0.2, 0.25) is 0 Å². The summed E-state index contributed by atoms with van der Waals surface area (Å²) in [6, 6.07) is 7.25. The maximum absolute atomic E-state index is 12.1. The summed E-state index contributed by atoms with van der Waals surface area (Å²) in [6.07, 6.45) is 1.72. The molecule has 0 saturated heterocycles. The average molecular weight is 251 g/mol. The van der Waals surface area contributed by atoms with E-state index in [-0.39, 0.29) is 5.43 Å². The van der Waals surface area contributed by atoms with Crippen LogP contribution >= 0.6 is 23.4 Å². The Hall–Kier alpha value is -1.19. The minimum atomic E-state index is 0.0299. The molecule has 0 bridgehead atoms. The molecular formula is C12H7ClO2S. The second-order valence-electron chi connectivity index (χ2n) is 3.50. The van der Waals surface area contributed by atoms with Crippen LogP contribution in [0.4, 0.5) is 0 Å². The van der Waals surface area contributed by atoms with Gasteiger partial charge in [-0.3, -0.25) is 4.79 Å². The van der Waals surface area contributed by atoms with Gasteiger partial charge in [-0.05, 0) is 18.2 Å². The van der Waals surface area contributed by atoms with Crippen LogP contribution in [0.5, 0.6) is 0 Å². The average Bonchev–Trinajstić information content (AvgIpc) is 2.29. The van der Waals surface area contributed by atoms with Gasteiger partial charge in [-0.15, -0.1) is 11.8 Å². The Balaban J connectivity index is 2.43. The standard InChI is InChI=1S/C12H7ClO2S/c13-7-5-10-12(16-6-7)11(14)8-3-1-2-4-9(8)15-10/h1-5H,6H2. The smallest absolute Gasteiger partial charge is 0.206 e. The number of hydrogen-bond acceptors (Lipinski definition) is 3. The molecule has 1 aliphatic rings. The third kappa shape index (κ3) is 1.47. The highest BCUT2D eigenvalue weighted by molar-refractivity contribution is 7.99. The molecule has 80 valence electrons. The summed E-state index contributed by atoms with van der Waals surface area (Å²) in [5.41, 5.74) is 0.636. The van der Waals surface area contributed by atoms with Gasteiger partial charge in [0.25, 0.3) is 0 Å². The molecule has 2 nitrogen and oxygen atoms in total. The number of hydrogen-bond donors (Lipinski definition) is 0. The molecule has 1 aromatic heterocycles. The molecule has 2 aromatic rings. The van der Waals surface area contributed by atoms with Crippen LogP contribution in [0.3, 0.4) is 0 Å². The van der Waals surface area contributed by atoms with Crippen LogP contribution < -0.4 is 5.43 Å². The topological polar surface area (TPSA) is 30.2 Å². The number of fused-ring (bicyclic) bond motifs is 2. The Morgan fingerprint density at radius 1 is 1.31 bits per heavy atom.